The first-order chi connectivity index (χ1) is 16.7. The van der Waals surface area contributed by atoms with E-state index in [0.717, 1.165) is 11.1 Å². The Morgan fingerprint density at radius 3 is 1.50 bits per heavy atom. The van der Waals surface area contributed by atoms with Crippen molar-refractivity contribution < 1.29 is 28.7 Å². The maximum atomic E-state index is 12.3. The van der Waals surface area contributed by atoms with Gasteiger partial charge < -0.3 is 29.9 Å². The normalized spacial score (nSPS) is 11.1. The molecule has 0 atom stereocenters. The number of benzene rings is 1. The van der Waals surface area contributed by atoms with Crippen molar-refractivity contribution in [1.82, 2.24) is 20.4 Å². The van der Waals surface area contributed by atoms with E-state index in [1.54, 1.807) is 14.1 Å². The average molecular weight is 503 g/mol. The molecular formula is C26H38N4O6. The van der Waals surface area contributed by atoms with Crippen LogP contribution in [-0.4, -0.2) is 74.2 Å². The molecule has 36 heavy (non-hydrogen) atoms. The fourth-order valence-corrected chi connectivity index (χ4v) is 3.11. The minimum absolute atomic E-state index is 0.0363. The van der Waals surface area contributed by atoms with E-state index in [-0.39, 0.29) is 38.1 Å². The van der Waals surface area contributed by atoms with Crippen LogP contribution in [-0.2, 0) is 30.1 Å². The molecule has 10 nitrogen and oxygen atoms in total. The van der Waals surface area contributed by atoms with Crippen LogP contribution < -0.4 is 10.6 Å². The van der Waals surface area contributed by atoms with Crippen LogP contribution in [0.3, 0.4) is 0 Å². The summed E-state index contributed by atoms with van der Waals surface area (Å²) in [7, 11) is 3.18. The Morgan fingerprint density at radius 1 is 0.806 bits per heavy atom. The highest BCUT2D eigenvalue weighted by molar-refractivity contribution is 5.87. The molecule has 198 valence electrons. The molecule has 0 aliphatic carbocycles. The van der Waals surface area contributed by atoms with Gasteiger partial charge in [-0.25, -0.2) is 9.59 Å². The Kier molecular flexibility index (Phi) is 11.2. The van der Waals surface area contributed by atoms with Crippen LogP contribution in [0.4, 0.5) is 9.59 Å². The van der Waals surface area contributed by atoms with Crippen LogP contribution in [0, 0.1) is 0 Å². The van der Waals surface area contributed by atoms with Crippen LogP contribution in [0.15, 0.2) is 49.6 Å². The van der Waals surface area contributed by atoms with Crippen molar-refractivity contribution in [3.8, 4) is 0 Å². The third-order valence-electron chi connectivity index (χ3n) is 5.56. The second kappa shape index (κ2) is 13.3. The fraction of sp³-hybridized carbons (Fsp3) is 0.462. The second-order valence-corrected chi connectivity index (χ2v) is 9.28. The van der Waals surface area contributed by atoms with Gasteiger partial charge in [-0.1, -0.05) is 37.4 Å². The van der Waals surface area contributed by atoms with Gasteiger partial charge in [0.15, 0.2) is 0 Å². The highest BCUT2D eigenvalue weighted by atomic mass is 16.6. The first-order valence-electron chi connectivity index (χ1n) is 11.5. The van der Waals surface area contributed by atoms with Crippen LogP contribution in [0.5, 0.6) is 0 Å². The summed E-state index contributed by atoms with van der Waals surface area (Å²) in [5.74, 6) is -0.516. The SMILES string of the molecule is C=CC(=O)N(C)CCOC(=O)NC(C)(C)c1cccc(C(C)(C)NC(=O)OCCN(C)C(=O)C=C)c1. The largest absolute Gasteiger partial charge is 0.448 e. The Balaban J connectivity index is 2.73. The molecule has 1 aromatic rings. The van der Waals surface area contributed by atoms with Crippen molar-refractivity contribution in [2.24, 2.45) is 0 Å². The van der Waals surface area contributed by atoms with Gasteiger partial charge >= 0.3 is 12.2 Å². The van der Waals surface area contributed by atoms with Gasteiger partial charge in [-0.2, -0.15) is 0 Å². The van der Waals surface area contributed by atoms with E-state index in [9.17, 15) is 19.2 Å². The number of hydrogen-bond donors (Lipinski definition) is 2. The summed E-state index contributed by atoms with van der Waals surface area (Å²) < 4.78 is 10.4. The molecule has 0 aliphatic heterocycles. The minimum atomic E-state index is -0.783. The van der Waals surface area contributed by atoms with Crippen molar-refractivity contribution in [1.29, 1.82) is 0 Å². The Labute approximate surface area is 213 Å². The third kappa shape index (κ3) is 9.44. The molecule has 4 amide bonds. The molecule has 0 saturated carbocycles. The Bertz CT molecular complexity index is 900. The summed E-state index contributed by atoms with van der Waals surface area (Å²) in [6.07, 6.45) is 1.14. The van der Waals surface area contributed by atoms with Crippen molar-refractivity contribution >= 4 is 24.0 Å². The van der Waals surface area contributed by atoms with Gasteiger partial charge in [0.2, 0.25) is 11.8 Å². The Hall–Kier alpha value is -3.82. The highest BCUT2D eigenvalue weighted by Gasteiger charge is 2.28. The summed E-state index contributed by atoms with van der Waals surface area (Å²) in [5.41, 5.74) is 0.0243. The summed E-state index contributed by atoms with van der Waals surface area (Å²) in [6.45, 7) is 14.7. The van der Waals surface area contributed by atoms with E-state index >= 15 is 0 Å². The molecule has 0 bridgehead atoms. The van der Waals surface area contributed by atoms with Crippen molar-refractivity contribution in [3.05, 3.63) is 60.7 Å². The maximum Gasteiger partial charge on any atom is 0.407 e. The lowest BCUT2D eigenvalue weighted by atomic mass is 9.87. The number of carbonyl (C=O) groups is 4. The second-order valence-electron chi connectivity index (χ2n) is 9.28. The average Bonchev–Trinajstić information content (AvgIpc) is 2.82. The number of rotatable bonds is 12. The number of alkyl carbamates (subject to hydrolysis) is 2. The number of amides is 4. The zero-order valence-corrected chi connectivity index (χ0v) is 22.1. The minimum Gasteiger partial charge on any atom is -0.448 e. The maximum absolute atomic E-state index is 12.3. The number of hydrogen-bond acceptors (Lipinski definition) is 6. The van der Waals surface area contributed by atoms with Crippen LogP contribution in [0.1, 0.15) is 38.8 Å². The molecule has 0 spiro atoms. The van der Waals surface area contributed by atoms with Gasteiger partial charge in [0.05, 0.1) is 24.2 Å². The van der Waals surface area contributed by atoms with Crippen LogP contribution >= 0.6 is 0 Å². The molecule has 1 aromatic carbocycles. The van der Waals surface area contributed by atoms with E-state index in [0.29, 0.717) is 0 Å². The van der Waals surface area contributed by atoms with Gasteiger partial charge in [0.1, 0.15) is 13.2 Å². The molecule has 0 unspecified atom stereocenters. The predicted molar refractivity (Wildman–Crippen MR) is 137 cm³/mol. The van der Waals surface area contributed by atoms with Crippen molar-refractivity contribution in [2.45, 2.75) is 38.8 Å². The first-order valence-corrected chi connectivity index (χ1v) is 11.5. The standard InChI is InChI=1S/C26H38N4O6/c1-9-21(31)29(7)14-16-35-23(33)27-25(3,4)19-12-11-13-20(18-19)26(5,6)28-24(34)36-17-15-30(8)22(32)10-2/h9-13,18H,1-2,14-17H2,3-8H3,(H,27,33)(H,28,34). The van der Waals surface area contributed by atoms with Gasteiger partial charge in [0.25, 0.3) is 0 Å². The number of ether oxygens (including phenoxy) is 2. The molecule has 0 saturated heterocycles. The first kappa shape index (κ1) is 30.2. The van der Waals surface area contributed by atoms with Crippen LogP contribution in [0.25, 0.3) is 0 Å². The van der Waals surface area contributed by atoms with E-state index in [4.69, 9.17) is 9.47 Å². The number of likely N-dealkylation sites (N-methyl/N-ethyl adjacent to an activating group) is 2. The molecule has 0 radical (unpaired) electrons. The molecule has 10 heteroatoms. The molecule has 0 heterocycles. The monoisotopic (exact) mass is 502 g/mol. The lowest BCUT2D eigenvalue weighted by Crippen LogP contribution is -2.44. The summed E-state index contributed by atoms with van der Waals surface area (Å²) in [6, 6.07) is 7.44. The smallest absolute Gasteiger partial charge is 0.407 e. The predicted octanol–water partition coefficient (Wildman–Crippen LogP) is 2.90. The summed E-state index contributed by atoms with van der Waals surface area (Å²) in [4.78, 5) is 50.4. The van der Waals surface area contributed by atoms with E-state index < -0.39 is 23.3 Å². The highest BCUT2D eigenvalue weighted by Crippen LogP contribution is 2.27. The molecule has 0 aromatic heterocycles. The quantitative estimate of drug-likeness (QED) is 0.425. The van der Waals surface area contributed by atoms with Gasteiger partial charge in [-0.15, -0.1) is 0 Å². The lowest BCUT2D eigenvalue weighted by molar-refractivity contribution is -0.125. The topological polar surface area (TPSA) is 117 Å². The molecule has 1 rings (SSSR count). The number of carbonyl (C=O) groups excluding carboxylic acids is 4. The van der Waals surface area contributed by atoms with Gasteiger partial charge in [-0.3, -0.25) is 9.59 Å². The third-order valence-corrected chi connectivity index (χ3v) is 5.56. The Morgan fingerprint density at radius 2 is 1.17 bits per heavy atom. The van der Waals surface area contributed by atoms with E-state index in [2.05, 4.69) is 23.8 Å². The molecule has 0 aliphatic rings. The molecule has 0 fully saturated rings. The van der Waals surface area contributed by atoms with E-state index in [1.807, 2.05) is 52.0 Å². The fourth-order valence-electron chi connectivity index (χ4n) is 3.11. The van der Waals surface area contributed by atoms with Crippen molar-refractivity contribution in [3.63, 3.8) is 0 Å². The summed E-state index contributed by atoms with van der Waals surface area (Å²) in [5, 5.41) is 5.65. The summed E-state index contributed by atoms with van der Waals surface area (Å²) >= 11 is 0. The molecular weight excluding hydrogens is 464 g/mol. The lowest BCUT2D eigenvalue weighted by Gasteiger charge is -2.31. The number of nitrogens with zero attached hydrogens (tertiary/aromatic N) is 2. The van der Waals surface area contributed by atoms with Gasteiger partial charge in [-0.05, 0) is 51.0 Å². The zero-order valence-electron chi connectivity index (χ0n) is 22.1. The number of nitrogens with one attached hydrogen (secondary N) is 2. The van der Waals surface area contributed by atoms with Crippen molar-refractivity contribution in [2.75, 3.05) is 40.4 Å². The van der Waals surface area contributed by atoms with E-state index in [1.165, 1.54) is 22.0 Å². The van der Waals surface area contributed by atoms with Crippen LogP contribution in [0.2, 0.25) is 0 Å². The molecule has 2 N–H and O–H groups in total. The van der Waals surface area contributed by atoms with Gasteiger partial charge in [0, 0.05) is 14.1 Å². The zero-order chi connectivity index (χ0) is 27.5.